The minimum Gasteiger partial charge on any atom is -0.468 e. The first kappa shape index (κ1) is 17.3. The highest BCUT2D eigenvalue weighted by Crippen LogP contribution is 2.17. The quantitative estimate of drug-likeness (QED) is 0.636. The van der Waals surface area contributed by atoms with Crippen molar-refractivity contribution < 1.29 is 17.3 Å². The standard InChI is InChI=1S/C19H19NO4S/c1-16-6-8-17(9-7-16)10-13-25(21,22)20(14-18-4-2-11-23-18)15-19-5-3-12-24-19/h2-13H,14-15H2,1H3. The molecule has 2 aromatic heterocycles. The number of hydrogen-bond acceptors (Lipinski definition) is 4. The molecule has 0 aliphatic rings. The summed E-state index contributed by atoms with van der Waals surface area (Å²) >= 11 is 0. The number of nitrogens with zero attached hydrogens (tertiary/aromatic N) is 1. The zero-order valence-corrected chi connectivity index (χ0v) is 14.6. The van der Waals surface area contributed by atoms with E-state index >= 15 is 0 Å². The Labute approximate surface area is 147 Å². The Hall–Kier alpha value is -2.57. The first-order valence-electron chi connectivity index (χ1n) is 7.82. The average molecular weight is 357 g/mol. The largest absolute Gasteiger partial charge is 0.468 e. The van der Waals surface area contributed by atoms with Crippen molar-refractivity contribution in [2.45, 2.75) is 20.0 Å². The topological polar surface area (TPSA) is 63.7 Å². The third-order valence-electron chi connectivity index (χ3n) is 3.69. The maximum atomic E-state index is 12.8. The van der Waals surface area contributed by atoms with Crippen LogP contribution in [0.1, 0.15) is 22.6 Å². The summed E-state index contributed by atoms with van der Waals surface area (Å²) in [6, 6.07) is 14.6. The summed E-state index contributed by atoms with van der Waals surface area (Å²) in [5.74, 6) is 1.14. The average Bonchev–Trinajstić information content (AvgIpc) is 3.28. The van der Waals surface area contributed by atoms with Crippen LogP contribution >= 0.6 is 0 Å². The van der Waals surface area contributed by atoms with Crippen molar-refractivity contribution in [2.75, 3.05) is 0 Å². The van der Waals surface area contributed by atoms with Gasteiger partial charge in [0.1, 0.15) is 11.5 Å². The predicted octanol–water partition coefficient (Wildman–Crippen LogP) is 4.18. The van der Waals surface area contributed by atoms with E-state index in [1.807, 2.05) is 31.2 Å². The van der Waals surface area contributed by atoms with Gasteiger partial charge in [-0.1, -0.05) is 29.8 Å². The highest BCUT2D eigenvalue weighted by Gasteiger charge is 2.22. The lowest BCUT2D eigenvalue weighted by Crippen LogP contribution is -2.28. The summed E-state index contributed by atoms with van der Waals surface area (Å²) in [7, 11) is -3.65. The Balaban J connectivity index is 1.83. The molecule has 0 atom stereocenters. The van der Waals surface area contributed by atoms with Gasteiger partial charge in [-0.2, -0.15) is 4.31 Å². The van der Waals surface area contributed by atoms with Gasteiger partial charge in [0.15, 0.2) is 0 Å². The van der Waals surface area contributed by atoms with Crippen LogP contribution in [0.5, 0.6) is 0 Å². The number of rotatable bonds is 7. The van der Waals surface area contributed by atoms with Crippen LogP contribution in [-0.2, 0) is 23.1 Å². The van der Waals surface area contributed by atoms with Gasteiger partial charge in [-0.15, -0.1) is 0 Å². The van der Waals surface area contributed by atoms with Crippen LogP contribution in [0.4, 0.5) is 0 Å². The molecule has 3 aromatic rings. The smallest absolute Gasteiger partial charge is 0.237 e. The van der Waals surface area contributed by atoms with Gasteiger partial charge in [-0.3, -0.25) is 0 Å². The van der Waals surface area contributed by atoms with Crippen molar-refractivity contribution in [3.8, 4) is 0 Å². The van der Waals surface area contributed by atoms with Crippen LogP contribution < -0.4 is 0 Å². The van der Waals surface area contributed by atoms with E-state index in [4.69, 9.17) is 8.83 Å². The molecule has 0 spiro atoms. The van der Waals surface area contributed by atoms with Crippen LogP contribution in [0.25, 0.3) is 6.08 Å². The maximum absolute atomic E-state index is 12.8. The molecule has 0 N–H and O–H groups in total. The van der Waals surface area contributed by atoms with Crippen molar-refractivity contribution >= 4 is 16.1 Å². The van der Waals surface area contributed by atoms with Crippen molar-refractivity contribution in [2.24, 2.45) is 0 Å². The lowest BCUT2D eigenvalue weighted by Gasteiger charge is -2.18. The molecule has 2 heterocycles. The summed E-state index contributed by atoms with van der Waals surface area (Å²) in [5.41, 5.74) is 1.95. The van der Waals surface area contributed by atoms with Crippen molar-refractivity contribution in [3.05, 3.63) is 89.1 Å². The third kappa shape index (κ3) is 4.71. The number of aryl methyl sites for hydroxylation is 1. The van der Waals surface area contributed by atoms with E-state index in [2.05, 4.69) is 0 Å². The zero-order valence-electron chi connectivity index (χ0n) is 13.8. The molecule has 6 heteroatoms. The fraction of sp³-hybridized carbons (Fsp3) is 0.158. The van der Waals surface area contributed by atoms with Crippen LogP contribution in [-0.4, -0.2) is 12.7 Å². The van der Waals surface area contributed by atoms with Crippen LogP contribution in [0, 0.1) is 6.92 Å². The molecule has 0 aliphatic carbocycles. The number of furan rings is 2. The normalized spacial score (nSPS) is 12.2. The molecule has 0 saturated heterocycles. The second-order valence-electron chi connectivity index (χ2n) is 5.69. The third-order valence-corrected chi connectivity index (χ3v) is 5.15. The molecule has 0 saturated carbocycles. The van der Waals surface area contributed by atoms with E-state index in [1.165, 1.54) is 22.2 Å². The molecule has 0 fully saturated rings. The van der Waals surface area contributed by atoms with E-state index < -0.39 is 10.0 Å². The molecule has 25 heavy (non-hydrogen) atoms. The van der Waals surface area contributed by atoms with Gasteiger partial charge in [0, 0.05) is 5.41 Å². The van der Waals surface area contributed by atoms with E-state index in [-0.39, 0.29) is 13.1 Å². The van der Waals surface area contributed by atoms with Crippen molar-refractivity contribution in [1.29, 1.82) is 0 Å². The molecule has 0 unspecified atom stereocenters. The maximum Gasteiger partial charge on any atom is 0.237 e. The molecule has 5 nitrogen and oxygen atoms in total. The van der Waals surface area contributed by atoms with Gasteiger partial charge in [0.25, 0.3) is 0 Å². The number of hydrogen-bond donors (Lipinski definition) is 0. The Morgan fingerprint density at radius 3 is 1.96 bits per heavy atom. The molecule has 1 aromatic carbocycles. The Morgan fingerprint density at radius 2 is 1.48 bits per heavy atom. The predicted molar refractivity (Wildman–Crippen MR) is 95.8 cm³/mol. The second-order valence-corrected chi connectivity index (χ2v) is 7.50. The van der Waals surface area contributed by atoms with E-state index in [9.17, 15) is 8.42 Å². The van der Waals surface area contributed by atoms with Gasteiger partial charge < -0.3 is 8.83 Å². The molecule has 130 valence electrons. The summed E-state index contributed by atoms with van der Waals surface area (Å²) in [5, 5.41) is 1.21. The molecular formula is C19H19NO4S. The lowest BCUT2D eigenvalue weighted by atomic mass is 10.2. The van der Waals surface area contributed by atoms with Gasteiger partial charge in [0.2, 0.25) is 10.0 Å². The van der Waals surface area contributed by atoms with Gasteiger partial charge in [-0.25, -0.2) is 8.42 Å². The van der Waals surface area contributed by atoms with Crippen LogP contribution in [0.3, 0.4) is 0 Å². The monoisotopic (exact) mass is 357 g/mol. The zero-order chi connectivity index (χ0) is 17.7. The minimum atomic E-state index is -3.65. The van der Waals surface area contributed by atoms with Crippen molar-refractivity contribution in [1.82, 2.24) is 4.31 Å². The molecular weight excluding hydrogens is 338 g/mol. The Kier molecular flexibility index (Phi) is 5.21. The number of benzene rings is 1. The SMILES string of the molecule is Cc1ccc(C=CS(=O)(=O)N(Cc2ccco2)Cc2ccco2)cc1. The summed E-state index contributed by atoms with van der Waals surface area (Å²) in [6.45, 7) is 2.25. The second kappa shape index (κ2) is 7.55. The van der Waals surface area contributed by atoms with Crippen LogP contribution in [0.2, 0.25) is 0 Å². The minimum absolute atomic E-state index is 0.133. The molecule has 0 aliphatic heterocycles. The van der Waals surface area contributed by atoms with Crippen LogP contribution in [0.15, 0.2) is 75.3 Å². The molecule has 0 amide bonds. The summed E-state index contributed by atoms with van der Waals surface area (Å²) < 4.78 is 37.5. The summed E-state index contributed by atoms with van der Waals surface area (Å²) in [6.07, 6.45) is 4.64. The fourth-order valence-corrected chi connectivity index (χ4v) is 3.43. The van der Waals surface area contributed by atoms with E-state index in [0.717, 1.165) is 11.1 Å². The highest BCUT2D eigenvalue weighted by atomic mass is 32.2. The fourth-order valence-electron chi connectivity index (χ4n) is 2.32. The van der Waals surface area contributed by atoms with Gasteiger partial charge in [0.05, 0.1) is 25.6 Å². The van der Waals surface area contributed by atoms with Crippen molar-refractivity contribution in [3.63, 3.8) is 0 Å². The van der Waals surface area contributed by atoms with E-state index in [1.54, 1.807) is 30.3 Å². The molecule has 0 bridgehead atoms. The van der Waals surface area contributed by atoms with Gasteiger partial charge in [-0.05, 0) is 42.8 Å². The summed E-state index contributed by atoms with van der Waals surface area (Å²) in [4.78, 5) is 0. The number of sulfonamides is 1. The Morgan fingerprint density at radius 1 is 0.920 bits per heavy atom. The lowest BCUT2D eigenvalue weighted by molar-refractivity contribution is 0.334. The van der Waals surface area contributed by atoms with E-state index in [0.29, 0.717) is 11.5 Å². The molecule has 3 rings (SSSR count). The highest BCUT2D eigenvalue weighted by molar-refractivity contribution is 7.92. The molecule has 0 radical (unpaired) electrons. The first-order chi connectivity index (χ1) is 12.0. The first-order valence-corrected chi connectivity index (χ1v) is 9.33. The Bertz CT molecular complexity index is 872. The van der Waals surface area contributed by atoms with Gasteiger partial charge >= 0.3 is 0 Å².